The van der Waals surface area contributed by atoms with Crippen LogP contribution in [0.4, 0.5) is 0 Å². The molecule has 0 saturated carbocycles. The maximum absolute atomic E-state index is 11.6. The van der Waals surface area contributed by atoms with Crippen LogP contribution in [0.15, 0.2) is 30.9 Å². The van der Waals surface area contributed by atoms with Crippen LogP contribution in [0.3, 0.4) is 0 Å². The van der Waals surface area contributed by atoms with E-state index in [1.54, 1.807) is 6.08 Å². The van der Waals surface area contributed by atoms with Crippen molar-refractivity contribution in [2.45, 2.75) is 20.3 Å². The van der Waals surface area contributed by atoms with Crippen molar-refractivity contribution in [2.24, 2.45) is 0 Å². The van der Waals surface area contributed by atoms with Gasteiger partial charge < -0.3 is 5.32 Å². The summed E-state index contributed by atoms with van der Waals surface area (Å²) in [6.45, 7) is 8.30. The van der Waals surface area contributed by atoms with Gasteiger partial charge in [0.2, 0.25) is 0 Å². The Balaban J connectivity index is 2.65. The third-order valence-electron chi connectivity index (χ3n) is 2.40. The van der Waals surface area contributed by atoms with Crippen LogP contribution < -0.4 is 5.32 Å². The number of benzene rings is 1. The summed E-state index contributed by atoms with van der Waals surface area (Å²) in [5.41, 5.74) is 3.08. The van der Waals surface area contributed by atoms with Gasteiger partial charge in [0.25, 0.3) is 5.91 Å². The van der Waals surface area contributed by atoms with E-state index in [0.717, 1.165) is 17.5 Å². The number of aryl methyl sites for hydroxylation is 2. The van der Waals surface area contributed by atoms with E-state index in [1.165, 1.54) is 5.56 Å². The van der Waals surface area contributed by atoms with E-state index in [-0.39, 0.29) is 5.91 Å². The van der Waals surface area contributed by atoms with E-state index in [1.807, 2.05) is 32.0 Å². The Kier molecular flexibility index (Phi) is 4.10. The summed E-state index contributed by atoms with van der Waals surface area (Å²) in [7, 11) is 0. The molecule has 1 aromatic carbocycles. The average molecular weight is 203 g/mol. The number of carbonyl (C=O) groups excluding carboxylic acids is 1. The summed E-state index contributed by atoms with van der Waals surface area (Å²) in [5.74, 6) is -0.0139. The van der Waals surface area contributed by atoms with Gasteiger partial charge in [0.1, 0.15) is 0 Å². The van der Waals surface area contributed by atoms with Gasteiger partial charge in [0.05, 0.1) is 0 Å². The molecule has 0 bridgehead atoms. The largest absolute Gasteiger partial charge is 0.352 e. The summed E-state index contributed by atoms with van der Waals surface area (Å²) in [4.78, 5) is 11.6. The van der Waals surface area contributed by atoms with Crippen molar-refractivity contribution in [1.29, 1.82) is 0 Å². The molecule has 0 aromatic heterocycles. The van der Waals surface area contributed by atoms with E-state index in [2.05, 4.69) is 11.9 Å². The van der Waals surface area contributed by atoms with Crippen LogP contribution in [-0.4, -0.2) is 12.5 Å². The van der Waals surface area contributed by atoms with Gasteiger partial charge in [-0.25, -0.2) is 0 Å². The summed E-state index contributed by atoms with van der Waals surface area (Å²) >= 11 is 0. The molecule has 1 aromatic rings. The maximum Gasteiger partial charge on any atom is 0.251 e. The molecule has 1 N–H and O–H groups in total. The number of amides is 1. The molecule has 0 aliphatic carbocycles. The zero-order chi connectivity index (χ0) is 11.3. The first-order valence-corrected chi connectivity index (χ1v) is 5.11. The van der Waals surface area contributed by atoms with E-state index < -0.39 is 0 Å². The first kappa shape index (κ1) is 11.5. The fourth-order valence-electron chi connectivity index (χ4n) is 1.27. The standard InChI is InChI=1S/C13H17NO/c1-4-5-8-14-13(15)12-7-6-10(2)11(3)9-12/h4,6-7,9H,1,5,8H2,2-3H3,(H,14,15). The Morgan fingerprint density at radius 2 is 2.13 bits per heavy atom. The molecule has 0 saturated heterocycles. The second kappa shape index (κ2) is 5.35. The summed E-state index contributed by atoms with van der Waals surface area (Å²) in [5, 5.41) is 2.84. The summed E-state index contributed by atoms with van der Waals surface area (Å²) in [6.07, 6.45) is 2.59. The minimum atomic E-state index is -0.0139. The van der Waals surface area contributed by atoms with Crippen LogP contribution in [-0.2, 0) is 0 Å². The minimum Gasteiger partial charge on any atom is -0.352 e. The van der Waals surface area contributed by atoms with Crippen molar-refractivity contribution >= 4 is 5.91 Å². The SMILES string of the molecule is C=CCCNC(=O)c1ccc(C)c(C)c1. The Bertz CT molecular complexity index is 369. The second-order valence-electron chi connectivity index (χ2n) is 3.63. The topological polar surface area (TPSA) is 29.1 Å². The number of hydrogen-bond acceptors (Lipinski definition) is 1. The van der Waals surface area contributed by atoms with Gasteiger partial charge in [-0.1, -0.05) is 12.1 Å². The lowest BCUT2D eigenvalue weighted by Crippen LogP contribution is -2.24. The molecule has 0 aliphatic heterocycles. The molecular formula is C13H17NO. The Hall–Kier alpha value is -1.57. The zero-order valence-corrected chi connectivity index (χ0v) is 9.34. The molecule has 0 aliphatic rings. The van der Waals surface area contributed by atoms with Crippen LogP contribution in [0.2, 0.25) is 0 Å². The van der Waals surface area contributed by atoms with Crippen LogP contribution in [0.1, 0.15) is 27.9 Å². The van der Waals surface area contributed by atoms with Crippen molar-refractivity contribution in [1.82, 2.24) is 5.32 Å². The first-order valence-electron chi connectivity index (χ1n) is 5.11. The fourth-order valence-corrected chi connectivity index (χ4v) is 1.27. The molecule has 0 unspecified atom stereocenters. The lowest BCUT2D eigenvalue weighted by atomic mass is 10.1. The van der Waals surface area contributed by atoms with Gasteiger partial charge >= 0.3 is 0 Å². The second-order valence-corrected chi connectivity index (χ2v) is 3.63. The van der Waals surface area contributed by atoms with E-state index in [0.29, 0.717) is 6.54 Å². The molecule has 2 nitrogen and oxygen atoms in total. The molecule has 0 spiro atoms. The lowest BCUT2D eigenvalue weighted by Gasteiger charge is -2.05. The van der Waals surface area contributed by atoms with E-state index >= 15 is 0 Å². The van der Waals surface area contributed by atoms with Gasteiger partial charge in [0, 0.05) is 12.1 Å². The molecule has 15 heavy (non-hydrogen) atoms. The number of rotatable bonds is 4. The zero-order valence-electron chi connectivity index (χ0n) is 9.34. The van der Waals surface area contributed by atoms with E-state index in [9.17, 15) is 4.79 Å². The van der Waals surface area contributed by atoms with Crippen molar-refractivity contribution in [3.05, 3.63) is 47.5 Å². The lowest BCUT2D eigenvalue weighted by molar-refractivity contribution is 0.0954. The van der Waals surface area contributed by atoms with Crippen molar-refractivity contribution in [2.75, 3.05) is 6.54 Å². The smallest absolute Gasteiger partial charge is 0.251 e. The maximum atomic E-state index is 11.6. The minimum absolute atomic E-state index is 0.0139. The molecule has 0 heterocycles. The molecule has 80 valence electrons. The van der Waals surface area contributed by atoms with Crippen molar-refractivity contribution < 1.29 is 4.79 Å². The normalized spacial score (nSPS) is 9.73. The molecule has 0 atom stereocenters. The van der Waals surface area contributed by atoms with E-state index in [4.69, 9.17) is 0 Å². The molecule has 2 heteroatoms. The third-order valence-corrected chi connectivity index (χ3v) is 2.40. The molecule has 0 radical (unpaired) electrons. The quantitative estimate of drug-likeness (QED) is 0.591. The van der Waals surface area contributed by atoms with Gasteiger partial charge in [0.15, 0.2) is 0 Å². The van der Waals surface area contributed by atoms with Crippen LogP contribution >= 0.6 is 0 Å². The highest BCUT2D eigenvalue weighted by atomic mass is 16.1. The third kappa shape index (κ3) is 3.24. The highest BCUT2D eigenvalue weighted by Crippen LogP contribution is 2.09. The predicted octanol–water partition coefficient (Wildman–Crippen LogP) is 2.61. The van der Waals surface area contributed by atoms with Crippen molar-refractivity contribution in [3.63, 3.8) is 0 Å². The van der Waals surface area contributed by atoms with Gasteiger partial charge in [-0.2, -0.15) is 0 Å². The monoisotopic (exact) mass is 203 g/mol. The number of carbonyl (C=O) groups is 1. The fraction of sp³-hybridized carbons (Fsp3) is 0.308. The van der Waals surface area contributed by atoms with Crippen molar-refractivity contribution in [3.8, 4) is 0 Å². The molecule has 0 fully saturated rings. The van der Waals surface area contributed by atoms with Crippen LogP contribution in [0, 0.1) is 13.8 Å². The summed E-state index contributed by atoms with van der Waals surface area (Å²) in [6, 6.07) is 5.74. The number of hydrogen-bond donors (Lipinski definition) is 1. The van der Waals surface area contributed by atoms with Crippen LogP contribution in [0.25, 0.3) is 0 Å². The first-order chi connectivity index (χ1) is 7.15. The highest BCUT2D eigenvalue weighted by Gasteiger charge is 2.04. The van der Waals surface area contributed by atoms with Gasteiger partial charge in [-0.15, -0.1) is 6.58 Å². The summed E-state index contributed by atoms with van der Waals surface area (Å²) < 4.78 is 0. The van der Waals surface area contributed by atoms with Gasteiger partial charge in [-0.3, -0.25) is 4.79 Å². The van der Waals surface area contributed by atoms with Crippen LogP contribution in [0.5, 0.6) is 0 Å². The Morgan fingerprint density at radius 1 is 1.40 bits per heavy atom. The molecular weight excluding hydrogens is 186 g/mol. The van der Waals surface area contributed by atoms with Gasteiger partial charge in [-0.05, 0) is 43.5 Å². The highest BCUT2D eigenvalue weighted by molar-refractivity contribution is 5.94. The molecule has 1 rings (SSSR count). The molecule has 1 amide bonds. The predicted molar refractivity (Wildman–Crippen MR) is 63.1 cm³/mol. The average Bonchev–Trinajstić information content (AvgIpc) is 2.22. The Labute approximate surface area is 91.0 Å². The number of nitrogens with one attached hydrogen (secondary N) is 1. The Morgan fingerprint density at radius 3 is 2.73 bits per heavy atom.